The van der Waals surface area contributed by atoms with Crippen LogP contribution in [0.15, 0.2) is 70.1 Å². The van der Waals surface area contributed by atoms with Gasteiger partial charge in [-0.2, -0.15) is 0 Å². The number of halogens is 2. The van der Waals surface area contributed by atoms with E-state index in [2.05, 4.69) is 81.4 Å². The van der Waals surface area contributed by atoms with E-state index in [0.29, 0.717) is 0 Å². The van der Waals surface area contributed by atoms with E-state index in [1.54, 1.807) is 6.20 Å². The van der Waals surface area contributed by atoms with E-state index in [-0.39, 0.29) is 30.3 Å². The number of aryl methyl sites for hydroxylation is 1. The maximum Gasteiger partial charge on any atom is 0.411 e. The fourth-order valence-corrected chi connectivity index (χ4v) is 7.85. The van der Waals surface area contributed by atoms with Crippen LogP contribution in [-0.4, -0.2) is 36.5 Å². The highest BCUT2D eigenvalue weighted by atomic mass is 79.9. The first-order chi connectivity index (χ1) is 22.5. The Morgan fingerprint density at radius 2 is 1.55 bits per heavy atom. The second kappa shape index (κ2) is 14.1. The molecule has 6 rings (SSSR count). The normalized spacial score (nSPS) is 21.8. The summed E-state index contributed by atoms with van der Waals surface area (Å²) in [6.45, 7) is 9.92. The quantitative estimate of drug-likeness (QED) is 0.203. The van der Waals surface area contributed by atoms with Crippen molar-refractivity contribution in [1.82, 2.24) is 30.2 Å². The highest BCUT2D eigenvalue weighted by molar-refractivity contribution is 9.10. The second-order valence-corrected chi connectivity index (χ2v) is 15.2. The van der Waals surface area contributed by atoms with Crippen molar-refractivity contribution in [3.05, 3.63) is 104 Å². The largest absolute Gasteiger partial charge is 0.444 e. The first kappa shape index (κ1) is 33.7. The van der Waals surface area contributed by atoms with E-state index in [9.17, 15) is 4.79 Å². The Morgan fingerprint density at radius 1 is 0.830 bits per heavy atom. The van der Waals surface area contributed by atoms with Gasteiger partial charge in [0.2, 0.25) is 0 Å². The van der Waals surface area contributed by atoms with E-state index in [1.165, 1.54) is 0 Å². The number of ether oxygens (including phenoxy) is 1. The molecular weight excluding hydrogens is 720 g/mol. The van der Waals surface area contributed by atoms with Crippen molar-refractivity contribution in [2.24, 2.45) is 0 Å². The molecule has 0 unspecified atom stereocenters. The molecule has 1 amide bonds. The molecule has 10 heteroatoms. The fourth-order valence-electron chi connectivity index (χ4n) is 7.04. The molecule has 2 aliphatic rings. The molecule has 2 aliphatic heterocycles. The Kier molecular flexibility index (Phi) is 10.1. The Morgan fingerprint density at radius 3 is 2.32 bits per heavy atom. The van der Waals surface area contributed by atoms with E-state index in [0.717, 1.165) is 92.8 Å². The van der Waals surface area contributed by atoms with Gasteiger partial charge in [-0.3, -0.25) is 14.9 Å². The topological polar surface area (TPSA) is 93.1 Å². The van der Waals surface area contributed by atoms with Gasteiger partial charge in [0.15, 0.2) is 0 Å². The van der Waals surface area contributed by atoms with E-state index < -0.39 is 5.60 Å². The van der Waals surface area contributed by atoms with Gasteiger partial charge in [-0.15, -0.1) is 0 Å². The highest BCUT2D eigenvalue weighted by Gasteiger charge is 2.40. The molecule has 0 spiro atoms. The zero-order valence-electron chi connectivity index (χ0n) is 27.6. The van der Waals surface area contributed by atoms with Crippen LogP contribution in [0.3, 0.4) is 0 Å². The molecule has 246 valence electrons. The predicted octanol–water partition coefficient (Wildman–Crippen LogP) is 9.83. The maximum absolute atomic E-state index is 14.0. The number of carbonyl (C=O) groups excluding carboxylic acids is 1. The molecule has 0 saturated carbocycles. The summed E-state index contributed by atoms with van der Waals surface area (Å²) in [7, 11) is 0. The molecule has 0 aliphatic carbocycles. The summed E-state index contributed by atoms with van der Waals surface area (Å²) in [6.07, 6.45) is 9.02. The molecular formula is C37H42Br2N6O2. The summed E-state index contributed by atoms with van der Waals surface area (Å²) in [5.74, 6) is 0. The SMILES string of the molecule is Cc1cccnc1[C@@H]1CCC[C@H](c2cc(-c3ccnc([C@@H]4CCC[C@H](c5cccc(Br)n5)N4)c3C)cc(Br)n2)N1C(=O)OC(C)(C)C. The molecule has 6 heterocycles. The molecule has 0 bridgehead atoms. The Balaban J connectivity index is 1.35. The van der Waals surface area contributed by atoms with Gasteiger partial charge in [0, 0.05) is 12.4 Å². The second-order valence-electron chi connectivity index (χ2n) is 13.6. The van der Waals surface area contributed by atoms with Crippen LogP contribution in [0.1, 0.15) is 117 Å². The van der Waals surface area contributed by atoms with Gasteiger partial charge in [0.1, 0.15) is 14.8 Å². The number of rotatable bonds is 5. The zero-order chi connectivity index (χ0) is 33.3. The number of nitrogens with zero attached hydrogens (tertiary/aromatic N) is 5. The first-order valence-corrected chi connectivity index (χ1v) is 18.0. The van der Waals surface area contributed by atoms with Crippen molar-refractivity contribution < 1.29 is 9.53 Å². The summed E-state index contributed by atoms with van der Waals surface area (Å²) in [5.41, 5.74) is 7.51. The van der Waals surface area contributed by atoms with Gasteiger partial charge < -0.3 is 10.1 Å². The van der Waals surface area contributed by atoms with Crippen LogP contribution in [0.5, 0.6) is 0 Å². The molecule has 4 aromatic rings. The van der Waals surface area contributed by atoms with Crippen LogP contribution in [0.25, 0.3) is 11.1 Å². The van der Waals surface area contributed by atoms with Gasteiger partial charge in [0.05, 0.1) is 46.9 Å². The van der Waals surface area contributed by atoms with Gasteiger partial charge in [0.25, 0.3) is 0 Å². The first-order valence-electron chi connectivity index (χ1n) is 16.4. The van der Waals surface area contributed by atoms with Gasteiger partial charge >= 0.3 is 6.09 Å². The minimum atomic E-state index is -0.636. The summed E-state index contributed by atoms with van der Waals surface area (Å²) in [6, 6.07) is 16.1. The molecule has 2 fully saturated rings. The van der Waals surface area contributed by atoms with Gasteiger partial charge in [-0.25, -0.2) is 14.8 Å². The smallest absolute Gasteiger partial charge is 0.411 e. The lowest BCUT2D eigenvalue weighted by Crippen LogP contribution is -2.44. The minimum absolute atomic E-state index is 0.114. The lowest BCUT2D eigenvalue weighted by molar-refractivity contribution is -0.00805. The number of likely N-dealkylation sites (tertiary alicyclic amines) is 1. The summed E-state index contributed by atoms with van der Waals surface area (Å²) < 4.78 is 7.58. The minimum Gasteiger partial charge on any atom is -0.444 e. The van der Waals surface area contributed by atoms with E-state index in [4.69, 9.17) is 24.7 Å². The summed E-state index contributed by atoms with van der Waals surface area (Å²) in [5, 5.41) is 3.84. The van der Waals surface area contributed by atoms with Crippen molar-refractivity contribution in [1.29, 1.82) is 0 Å². The van der Waals surface area contributed by atoms with Crippen LogP contribution < -0.4 is 5.32 Å². The Bertz CT molecular complexity index is 1760. The fraction of sp³-hybridized carbons (Fsp3) is 0.432. The molecule has 47 heavy (non-hydrogen) atoms. The average molecular weight is 763 g/mol. The highest BCUT2D eigenvalue weighted by Crippen LogP contribution is 2.44. The molecule has 1 N–H and O–H groups in total. The number of aromatic nitrogens is 4. The molecule has 4 aromatic heterocycles. The number of hydrogen-bond acceptors (Lipinski definition) is 7. The monoisotopic (exact) mass is 760 g/mol. The summed E-state index contributed by atoms with van der Waals surface area (Å²) >= 11 is 7.24. The molecule has 0 radical (unpaired) electrons. The maximum atomic E-state index is 14.0. The number of nitrogens with one attached hydrogen (secondary N) is 1. The molecule has 4 atom stereocenters. The van der Waals surface area contributed by atoms with Crippen LogP contribution >= 0.6 is 31.9 Å². The lowest BCUT2D eigenvalue weighted by Gasteiger charge is -2.42. The number of piperidine rings is 2. The van der Waals surface area contributed by atoms with Crippen molar-refractivity contribution in [2.75, 3.05) is 0 Å². The molecule has 0 aromatic carbocycles. The van der Waals surface area contributed by atoms with Gasteiger partial charge in [-0.05, 0) is 164 Å². The third-order valence-electron chi connectivity index (χ3n) is 9.12. The van der Waals surface area contributed by atoms with E-state index >= 15 is 0 Å². The van der Waals surface area contributed by atoms with Crippen molar-refractivity contribution in [3.8, 4) is 11.1 Å². The molecule has 8 nitrogen and oxygen atoms in total. The van der Waals surface area contributed by atoms with Crippen LogP contribution in [0.2, 0.25) is 0 Å². The summed E-state index contributed by atoms with van der Waals surface area (Å²) in [4.78, 5) is 35.2. The average Bonchev–Trinajstić information content (AvgIpc) is 3.04. The van der Waals surface area contributed by atoms with Crippen LogP contribution in [0, 0.1) is 13.8 Å². The van der Waals surface area contributed by atoms with Crippen molar-refractivity contribution >= 4 is 38.0 Å². The van der Waals surface area contributed by atoms with E-state index in [1.807, 2.05) is 50.1 Å². The molecule has 2 saturated heterocycles. The number of hydrogen-bond donors (Lipinski definition) is 1. The third-order valence-corrected chi connectivity index (χ3v) is 9.97. The standard InChI is InChI=1S/C37H42Br2N6O2/c1-22-10-9-18-40-34(22)31-15-8-14-30(45(31)36(46)47-37(3,4)5)29-20-24(21-33(39)44-29)25-17-19-41-35(23(25)2)28-13-6-11-26(42-28)27-12-7-16-32(38)43-27/h7,9-10,12,16-21,26,28,30-31,42H,6,8,11,13-15H2,1-5H3/t26-,28+,30-,31+/m1/s1. The van der Waals surface area contributed by atoms with Crippen molar-refractivity contribution in [2.45, 2.75) is 103 Å². The van der Waals surface area contributed by atoms with Gasteiger partial charge in [-0.1, -0.05) is 12.1 Å². The lowest BCUT2D eigenvalue weighted by atomic mass is 9.88. The third kappa shape index (κ3) is 7.60. The number of carbonyl (C=O) groups is 1. The predicted molar refractivity (Wildman–Crippen MR) is 191 cm³/mol. The Hall–Kier alpha value is -3.21. The zero-order valence-corrected chi connectivity index (χ0v) is 30.8. The number of pyridine rings is 4. The van der Waals surface area contributed by atoms with Crippen LogP contribution in [0.4, 0.5) is 4.79 Å². The van der Waals surface area contributed by atoms with Crippen LogP contribution in [-0.2, 0) is 4.74 Å². The van der Waals surface area contributed by atoms with Crippen molar-refractivity contribution in [3.63, 3.8) is 0 Å². The Labute approximate surface area is 294 Å². The number of amides is 1.